The van der Waals surface area contributed by atoms with Crippen LogP contribution in [-0.2, 0) is 0 Å². The lowest BCUT2D eigenvalue weighted by molar-refractivity contribution is 0.177. The van der Waals surface area contributed by atoms with Crippen molar-refractivity contribution in [2.45, 2.75) is 71.8 Å². The van der Waals surface area contributed by atoms with Crippen LogP contribution in [0.1, 0.15) is 70.3 Å². The third kappa shape index (κ3) is 5.77. The van der Waals surface area contributed by atoms with E-state index in [1.54, 1.807) is 0 Å². The SMILES string of the molecule is Cc1nccc(C2CCN(C(=O)NC(C)CCCC(C)C)CC2)n1. The number of aromatic nitrogens is 2. The first kappa shape index (κ1) is 18.7. The number of piperidine rings is 1. The second-order valence-electron chi connectivity index (χ2n) is 7.47. The first-order chi connectivity index (χ1) is 11.5. The summed E-state index contributed by atoms with van der Waals surface area (Å²) in [6.45, 7) is 10.1. The van der Waals surface area contributed by atoms with E-state index in [-0.39, 0.29) is 12.1 Å². The van der Waals surface area contributed by atoms with Crippen molar-refractivity contribution in [2.24, 2.45) is 5.92 Å². The average molecular weight is 332 g/mol. The number of urea groups is 1. The predicted molar refractivity (Wildman–Crippen MR) is 97.0 cm³/mol. The fourth-order valence-corrected chi connectivity index (χ4v) is 3.29. The van der Waals surface area contributed by atoms with E-state index < -0.39 is 0 Å². The van der Waals surface area contributed by atoms with Crippen LogP contribution in [-0.4, -0.2) is 40.0 Å². The Morgan fingerprint density at radius 2 is 2.00 bits per heavy atom. The molecule has 5 nitrogen and oxygen atoms in total. The molecular weight excluding hydrogens is 300 g/mol. The Bertz CT molecular complexity index is 524. The highest BCUT2D eigenvalue weighted by molar-refractivity contribution is 5.74. The Kier molecular flexibility index (Phi) is 7.00. The number of nitrogens with zero attached hydrogens (tertiary/aromatic N) is 3. The van der Waals surface area contributed by atoms with Crippen LogP contribution in [0.3, 0.4) is 0 Å². The van der Waals surface area contributed by atoms with Gasteiger partial charge in [0.15, 0.2) is 0 Å². The minimum absolute atomic E-state index is 0.0874. The fraction of sp³-hybridized carbons (Fsp3) is 0.737. The van der Waals surface area contributed by atoms with Gasteiger partial charge in [-0.2, -0.15) is 0 Å². The van der Waals surface area contributed by atoms with E-state index in [1.165, 1.54) is 12.8 Å². The van der Waals surface area contributed by atoms with Crippen molar-refractivity contribution in [3.05, 3.63) is 23.8 Å². The molecule has 1 saturated heterocycles. The second-order valence-corrected chi connectivity index (χ2v) is 7.47. The van der Waals surface area contributed by atoms with Gasteiger partial charge in [-0.15, -0.1) is 0 Å². The summed E-state index contributed by atoms with van der Waals surface area (Å²) in [5.41, 5.74) is 1.12. The molecule has 0 aromatic carbocycles. The first-order valence-electron chi connectivity index (χ1n) is 9.30. The number of rotatable bonds is 6. The van der Waals surface area contributed by atoms with Gasteiger partial charge in [0.1, 0.15) is 5.82 Å². The van der Waals surface area contributed by atoms with Crippen molar-refractivity contribution in [3.63, 3.8) is 0 Å². The second kappa shape index (κ2) is 9.00. The van der Waals surface area contributed by atoms with Gasteiger partial charge in [-0.25, -0.2) is 14.8 Å². The van der Waals surface area contributed by atoms with Crippen LogP contribution in [0.25, 0.3) is 0 Å². The predicted octanol–water partition coefficient (Wildman–Crippen LogP) is 3.89. The highest BCUT2D eigenvalue weighted by Gasteiger charge is 2.25. The van der Waals surface area contributed by atoms with Gasteiger partial charge in [0.2, 0.25) is 0 Å². The molecule has 134 valence electrons. The van der Waals surface area contributed by atoms with Gasteiger partial charge in [0.25, 0.3) is 0 Å². The highest BCUT2D eigenvalue weighted by atomic mass is 16.2. The molecule has 1 aromatic heterocycles. The van der Waals surface area contributed by atoms with Crippen LogP contribution in [0.5, 0.6) is 0 Å². The molecule has 1 atom stereocenters. The van der Waals surface area contributed by atoms with Crippen LogP contribution < -0.4 is 5.32 Å². The summed E-state index contributed by atoms with van der Waals surface area (Å²) in [5.74, 6) is 2.00. The van der Waals surface area contributed by atoms with Gasteiger partial charge in [0, 0.05) is 36.9 Å². The van der Waals surface area contributed by atoms with E-state index in [4.69, 9.17) is 0 Å². The fourth-order valence-electron chi connectivity index (χ4n) is 3.29. The third-order valence-electron chi connectivity index (χ3n) is 4.79. The Balaban J connectivity index is 1.74. The van der Waals surface area contributed by atoms with Gasteiger partial charge in [-0.1, -0.05) is 26.7 Å². The minimum atomic E-state index is 0.0874. The third-order valence-corrected chi connectivity index (χ3v) is 4.79. The van der Waals surface area contributed by atoms with Gasteiger partial charge in [0.05, 0.1) is 0 Å². The Labute approximate surface area is 146 Å². The van der Waals surface area contributed by atoms with Crippen LogP contribution in [0, 0.1) is 12.8 Å². The topological polar surface area (TPSA) is 58.1 Å². The summed E-state index contributed by atoms with van der Waals surface area (Å²) in [5, 5.41) is 3.15. The van der Waals surface area contributed by atoms with Crippen molar-refractivity contribution >= 4 is 6.03 Å². The Morgan fingerprint density at radius 1 is 1.29 bits per heavy atom. The number of carbonyl (C=O) groups excluding carboxylic acids is 1. The molecule has 24 heavy (non-hydrogen) atoms. The monoisotopic (exact) mass is 332 g/mol. The lowest BCUT2D eigenvalue weighted by Gasteiger charge is -2.32. The van der Waals surface area contributed by atoms with Crippen LogP contribution in [0.4, 0.5) is 4.79 Å². The standard InChI is InChI=1S/C19H32N4O/c1-14(2)6-5-7-15(3)21-19(24)23-12-9-17(10-13-23)18-8-11-20-16(4)22-18/h8,11,14-15,17H,5-7,9-10,12-13H2,1-4H3,(H,21,24). The molecule has 0 aliphatic carbocycles. The van der Waals surface area contributed by atoms with E-state index >= 15 is 0 Å². The summed E-state index contributed by atoms with van der Waals surface area (Å²) >= 11 is 0. The Morgan fingerprint density at radius 3 is 2.62 bits per heavy atom. The van der Waals surface area contributed by atoms with Crippen molar-refractivity contribution < 1.29 is 4.79 Å². The number of hydrogen-bond donors (Lipinski definition) is 1. The molecule has 1 aromatic rings. The smallest absolute Gasteiger partial charge is 0.317 e. The summed E-state index contributed by atoms with van der Waals surface area (Å²) in [6, 6.07) is 2.34. The highest BCUT2D eigenvalue weighted by Crippen LogP contribution is 2.26. The van der Waals surface area contributed by atoms with E-state index in [9.17, 15) is 4.79 Å². The maximum Gasteiger partial charge on any atom is 0.317 e. The quantitative estimate of drug-likeness (QED) is 0.860. The lowest BCUT2D eigenvalue weighted by Crippen LogP contribution is -2.47. The first-order valence-corrected chi connectivity index (χ1v) is 9.30. The van der Waals surface area contributed by atoms with E-state index in [0.717, 1.165) is 49.8 Å². The summed E-state index contributed by atoms with van der Waals surface area (Å²) < 4.78 is 0. The van der Waals surface area contributed by atoms with Crippen molar-refractivity contribution in [2.75, 3.05) is 13.1 Å². The van der Waals surface area contributed by atoms with Gasteiger partial charge >= 0.3 is 6.03 Å². The van der Waals surface area contributed by atoms with E-state index in [1.807, 2.05) is 24.1 Å². The number of nitrogens with one attached hydrogen (secondary N) is 1. The molecule has 0 spiro atoms. The van der Waals surface area contributed by atoms with Crippen LogP contribution in [0.15, 0.2) is 12.3 Å². The molecule has 1 N–H and O–H groups in total. The molecule has 1 aliphatic rings. The number of carbonyl (C=O) groups is 1. The molecular formula is C19H32N4O. The van der Waals surface area contributed by atoms with E-state index in [2.05, 4.69) is 36.1 Å². The van der Waals surface area contributed by atoms with Gasteiger partial charge in [-0.3, -0.25) is 0 Å². The molecule has 2 rings (SSSR count). The molecule has 1 unspecified atom stereocenters. The minimum Gasteiger partial charge on any atom is -0.336 e. The maximum absolute atomic E-state index is 12.4. The molecule has 5 heteroatoms. The maximum atomic E-state index is 12.4. The normalized spacial score (nSPS) is 17.1. The van der Waals surface area contributed by atoms with Crippen LogP contribution >= 0.6 is 0 Å². The summed E-state index contributed by atoms with van der Waals surface area (Å²) in [6.07, 6.45) is 7.24. The number of hydrogen-bond acceptors (Lipinski definition) is 3. The number of likely N-dealkylation sites (tertiary alicyclic amines) is 1. The number of amides is 2. The molecule has 1 fully saturated rings. The molecule has 1 aliphatic heterocycles. The summed E-state index contributed by atoms with van der Waals surface area (Å²) in [4.78, 5) is 23.0. The molecule has 0 bridgehead atoms. The molecule has 0 radical (unpaired) electrons. The largest absolute Gasteiger partial charge is 0.336 e. The average Bonchev–Trinajstić information content (AvgIpc) is 2.54. The van der Waals surface area contributed by atoms with Gasteiger partial charge < -0.3 is 10.2 Å². The number of aryl methyl sites for hydroxylation is 1. The van der Waals surface area contributed by atoms with Crippen molar-refractivity contribution in [1.82, 2.24) is 20.2 Å². The summed E-state index contributed by atoms with van der Waals surface area (Å²) in [7, 11) is 0. The van der Waals surface area contributed by atoms with Crippen molar-refractivity contribution in [1.29, 1.82) is 0 Å². The van der Waals surface area contributed by atoms with Crippen LogP contribution in [0.2, 0.25) is 0 Å². The van der Waals surface area contributed by atoms with Gasteiger partial charge in [-0.05, 0) is 45.1 Å². The lowest BCUT2D eigenvalue weighted by atomic mass is 9.93. The molecule has 0 saturated carbocycles. The van der Waals surface area contributed by atoms with Crippen molar-refractivity contribution in [3.8, 4) is 0 Å². The zero-order chi connectivity index (χ0) is 17.5. The zero-order valence-corrected chi connectivity index (χ0v) is 15.6. The zero-order valence-electron chi connectivity index (χ0n) is 15.6. The molecule has 2 amide bonds. The molecule has 2 heterocycles. The van der Waals surface area contributed by atoms with E-state index in [0.29, 0.717) is 5.92 Å². The Hall–Kier alpha value is -1.65.